The maximum atomic E-state index is 8.61. The molecule has 0 aromatic carbocycles. The minimum absolute atomic E-state index is 0. The minimum Gasteiger partial charge on any atom is -0.396 e. The van der Waals surface area contributed by atoms with Crippen molar-refractivity contribution in [3.63, 3.8) is 0 Å². The van der Waals surface area contributed by atoms with Gasteiger partial charge in [-0.3, -0.25) is 0 Å². The summed E-state index contributed by atoms with van der Waals surface area (Å²) in [4.78, 5) is 3.93. The van der Waals surface area contributed by atoms with Gasteiger partial charge in [-0.25, -0.2) is 4.98 Å². The number of aliphatic hydroxyl groups is 1. The molecule has 1 heterocycles. The summed E-state index contributed by atoms with van der Waals surface area (Å²) in [6.45, 7) is 0.175. The molecular weight excluding hydrogens is 223 g/mol. The molecule has 0 saturated carbocycles. The lowest BCUT2D eigenvalue weighted by Crippen LogP contribution is -2.10. The van der Waals surface area contributed by atoms with E-state index in [-0.39, 0.29) is 25.1 Å². The minimum atomic E-state index is -0.0584. The molecule has 80 valence electrons. The zero-order chi connectivity index (χ0) is 9.68. The summed E-state index contributed by atoms with van der Waals surface area (Å²) < 4.78 is 0. The SMILES string of the molecule is Cl.N[C@H](CCCO)c1ccc(Cl)nc1. The molecule has 0 aliphatic carbocycles. The van der Waals surface area contributed by atoms with Gasteiger partial charge < -0.3 is 10.8 Å². The second-order valence-electron chi connectivity index (χ2n) is 2.89. The first-order valence-corrected chi connectivity index (χ1v) is 4.59. The molecule has 0 bridgehead atoms. The van der Waals surface area contributed by atoms with Crippen LogP contribution >= 0.6 is 24.0 Å². The highest BCUT2D eigenvalue weighted by molar-refractivity contribution is 6.29. The Labute approximate surface area is 94.7 Å². The number of aromatic nitrogens is 1. The van der Waals surface area contributed by atoms with Gasteiger partial charge >= 0.3 is 0 Å². The predicted octanol–water partition coefficient (Wildman–Crippen LogP) is 1.93. The van der Waals surface area contributed by atoms with Gasteiger partial charge in [-0.05, 0) is 24.5 Å². The topological polar surface area (TPSA) is 59.1 Å². The van der Waals surface area contributed by atoms with E-state index in [1.54, 1.807) is 12.3 Å². The summed E-state index contributed by atoms with van der Waals surface area (Å²) in [7, 11) is 0. The first kappa shape index (κ1) is 13.7. The third kappa shape index (κ3) is 4.24. The predicted molar refractivity (Wildman–Crippen MR) is 59.7 cm³/mol. The van der Waals surface area contributed by atoms with Crippen LogP contribution in [-0.4, -0.2) is 16.7 Å². The van der Waals surface area contributed by atoms with Gasteiger partial charge in [0.05, 0.1) is 0 Å². The van der Waals surface area contributed by atoms with E-state index in [1.807, 2.05) is 6.07 Å². The number of nitrogens with two attached hydrogens (primary N) is 1. The molecule has 1 aromatic rings. The van der Waals surface area contributed by atoms with Gasteiger partial charge in [0.2, 0.25) is 0 Å². The van der Waals surface area contributed by atoms with E-state index in [4.69, 9.17) is 22.4 Å². The Morgan fingerprint density at radius 3 is 2.71 bits per heavy atom. The number of hydrogen-bond acceptors (Lipinski definition) is 3. The van der Waals surface area contributed by atoms with Crippen molar-refractivity contribution in [1.82, 2.24) is 4.98 Å². The van der Waals surface area contributed by atoms with Crippen molar-refractivity contribution < 1.29 is 5.11 Å². The number of pyridine rings is 1. The number of halogens is 2. The van der Waals surface area contributed by atoms with Crippen LogP contribution in [0.2, 0.25) is 5.15 Å². The number of aliphatic hydroxyl groups excluding tert-OH is 1. The lowest BCUT2D eigenvalue weighted by atomic mass is 10.1. The molecule has 14 heavy (non-hydrogen) atoms. The van der Waals surface area contributed by atoms with E-state index >= 15 is 0 Å². The summed E-state index contributed by atoms with van der Waals surface area (Å²) in [5.41, 5.74) is 6.79. The standard InChI is InChI=1S/C9H13ClN2O.ClH/c10-9-4-3-7(6-12-9)8(11)2-1-5-13;/h3-4,6,8,13H,1-2,5,11H2;1H/t8-;/m1./s1. The maximum Gasteiger partial charge on any atom is 0.129 e. The van der Waals surface area contributed by atoms with Crippen molar-refractivity contribution in [2.45, 2.75) is 18.9 Å². The van der Waals surface area contributed by atoms with Gasteiger partial charge in [-0.1, -0.05) is 17.7 Å². The molecule has 0 unspecified atom stereocenters. The second kappa shape index (κ2) is 7.01. The van der Waals surface area contributed by atoms with Crippen molar-refractivity contribution in [1.29, 1.82) is 0 Å². The van der Waals surface area contributed by atoms with Gasteiger partial charge in [-0.15, -0.1) is 12.4 Å². The van der Waals surface area contributed by atoms with Gasteiger partial charge in [0.15, 0.2) is 0 Å². The summed E-state index contributed by atoms with van der Waals surface area (Å²) in [6.07, 6.45) is 3.15. The fourth-order valence-corrected chi connectivity index (χ4v) is 1.20. The lowest BCUT2D eigenvalue weighted by Gasteiger charge is -2.09. The first-order valence-electron chi connectivity index (χ1n) is 4.22. The molecule has 0 amide bonds. The van der Waals surface area contributed by atoms with Crippen LogP contribution in [0, 0.1) is 0 Å². The zero-order valence-corrected chi connectivity index (χ0v) is 9.26. The molecule has 0 radical (unpaired) electrons. The van der Waals surface area contributed by atoms with Crippen molar-refractivity contribution >= 4 is 24.0 Å². The number of nitrogens with zero attached hydrogens (tertiary/aromatic N) is 1. The quantitative estimate of drug-likeness (QED) is 0.786. The van der Waals surface area contributed by atoms with E-state index in [0.29, 0.717) is 11.6 Å². The molecule has 0 aliphatic rings. The summed E-state index contributed by atoms with van der Waals surface area (Å²) >= 11 is 5.63. The summed E-state index contributed by atoms with van der Waals surface area (Å²) in [5, 5.41) is 9.08. The van der Waals surface area contributed by atoms with Gasteiger partial charge in [-0.2, -0.15) is 0 Å². The number of hydrogen-bond donors (Lipinski definition) is 2. The van der Waals surface area contributed by atoms with Crippen LogP contribution in [-0.2, 0) is 0 Å². The maximum absolute atomic E-state index is 8.61. The molecule has 3 N–H and O–H groups in total. The smallest absolute Gasteiger partial charge is 0.129 e. The largest absolute Gasteiger partial charge is 0.396 e. The Hall–Kier alpha value is -0.350. The van der Waals surface area contributed by atoms with E-state index in [9.17, 15) is 0 Å². The second-order valence-corrected chi connectivity index (χ2v) is 3.27. The van der Waals surface area contributed by atoms with Crippen molar-refractivity contribution in [3.05, 3.63) is 29.0 Å². The molecule has 0 spiro atoms. The third-order valence-corrected chi connectivity index (χ3v) is 2.08. The highest BCUT2D eigenvalue weighted by Crippen LogP contribution is 2.15. The van der Waals surface area contributed by atoms with Crippen LogP contribution in [0.4, 0.5) is 0 Å². The zero-order valence-electron chi connectivity index (χ0n) is 7.69. The molecule has 1 rings (SSSR count). The van der Waals surface area contributed by atoms with Gasteiger partial charge in [0.1, 0.15) is 5.15 Å². The average Bonchev–Trinajstić information content (AvgIpc) is 2.15. The molecule has 0 saturated heterocycles. The molecule has 3 nitrogen and oxygen atoms in total. The average molecular weight is 237 g/mol. The Morgan fingerprint density at radius 1 is 1.50 bits per heavy atom. The third-order valence-electron chi connectivity index (χ3n) is 1.85. The Morgan fingerprint density at radius 2 is 2.21 bits per heavy atom. The van der Waals surface area contributed by atoms with Crippen LogP contribution < -0.4 is 5.73 Å². The molecule has 1 atom stereocenters. The lowest BCUT2D eigenvalue weighted by molar-refractivity contribution is 0.280. The highest BCUT2D eigenvalue weighted by Gasteiger charge is 2.05. The normalized spacial score (nSPS) is 11.9. The fourth-order valence-electron chi connectivity index (χ4n) is 1.08. The molecular formula is C9H14Cl2N2O. The van der Waals surface area contributed by atoms with Crippen LogP contribution in [0.3, 0.4) is 0 Å². The van der Waals surface area contributed by atoms with Gasteiger partial charge in [0, 0.05) is 18.8 Å². The number of rotatable bonds is 4. The van der Waals surface area contributed by atoms with E-state index < -0.39 is 0 Å². The Bertz CT molecular complexity index is 253. The van der Waals surface area contributed by atoms with Crippen LogP contribution in [0.5, 0.6) is 0 Å². The summed E-state index contributed by atoms with van der Waals surface area (Å²) in [5.74, 6) is 0. The fraction of sp³-hybridized carbons (Fsp3) is 0.444. The van der Waals surface area contributed by atoms with E-state index in [2.05, 4.69) is 4.98 Å². The molecule has 0 fully saturated rings. The van der Waals surface area contributed by atoms with Crippen molar-refractivity contribution in [2.24, 2.45) is 5.73 Å². The van der Waals surface area contributed by atoms with Gasteiger partial charge in [0.25, 0.3) is 0 Å². The monoisotopic (exact) mass is 236 g/mol. The van der Waals surface area contributed by atoms with Crippen molar-refractivity contribution in [2.75, 3.05) is 6.61 Å². The van der Waals surface area contributed by atoms with E-state index in [0.717, 1.165) is 12.0 Å². The van der Waals surface area contributed by atoms with Crippen molar-refractivity contribution in [3.8, 4) is 0 Å². The summed E-state index contributed by atoms with van der Waals surface area (Å²) in [6, 6.07) is 3.52. The molecule has 1 aromatic heterocycles. The Kier molecular flexibility index (Phi) is 6.83. The van der Waals surface area contributed by atoms with Crippen LogP contribution in [0.25, 0.3) is 0 Å². The first-order chi connectivity index (χ1) is 6.24. The van der Waals surface area contributed by atoms with Crippen LogP contribution in [0.15, 0.2) is 18.3 Å². The molecule has 0 aliphatic heterocycles. The van der Waals surface area contributed by atoms with Crippen LogP contribution in [0.1, 0.15) is 24.4 Å². The Balaban J connectivity index is 0.00000169. The highest BCUT2D eigenvalue weighted by atomic mass is 35.5. The van der Waals surface area contributed by atoms with E-state index in [1.165, 1.54) is 0 Å². The molecule has 5 heteroatoms.